The van der Waals surface area contributed by atoms with Crippen molar-refractivity contribution in [3.63, 3.8) is 0 Å². The van der Waals surface area contributed by atoms with Crippen molar-refractivity contribution in [3.8, 4) is 0 Å². The molecule has 0 aliphatic heterocycles. The van der Waals surface area contributed by atoms with Crippen LogP contribution in [-0.4, -0.2) is 18.4 Å². The van der Waals surface area contributed by atoms with Gasteiger partial charge in [-0.25, -0.2) is 4.79 Å². The summed E-state index contributed by atoms with van der Waals surface area (Å²) < 4.78 is 4.77. The van der Waals surface area contributed by atoms with Crippen molar-refractivity contribution >= 4 is 11.8 Å². The van der Waals surface area contributed by atoms with Crippen LogP contribution in [0.4, 0.5) is 0 Å². The molecule has 0 aliphatic carbocycles. The van der Waals surface area contributed by atoms with Crippen molar-refractivity contribution in [1.82, 2.24) is 0 Å². The second-order valence-electron chi connectivity index (χ2n) is 2.89. The summed E-state index contributed by atoms with van der Waals surface area (Å²) in [6, 6.07) is 0. The summed E-state index contributed by atoms with van der Waals surface area (Å²) in [6.07, 6.45) is 0. The smallest absolute Gasteiger partial charge is 0.333 e. The Hall–Kier alpha value is -1.12. The third-order valence-corrected chi connectivity index (χ3v) is 1.51. The van der Waals surface area contributed by atoms with Gasteiger partial charge in [0.2, 0.25) is 0 Å². The van der Waals surface area contributed by atoms with Crippen LogP contribution in [0.5, 0.6) is 0 Å². The minimum atomic E-state index is -0.442. The van der Waals surface area contributed by atoms with E-state index in [0.717, 1.165) is 0 Å². The lowest BCUT2D eigenvalue weighted by Gasteiger charge is -2.07. The highest BCUT2D eigenvalue weighted by atomic mass is 16.5. The van der Waals surface area contributed by atoms with Crippen LogP contribution in [0.3, 0.4) is 0 Å². The fourth-order valence-electron chi connectivity index (χ4n) is 0.441. The van der Waals surface area contributed by atoms with E-state index in [0.29, 0.717) is 5.57 Å². The van der Waals surface area contributed by atoms with Gasteiger partial charge in [0.05, 0.1) is 0 Å². The maximum atomic E-state index is 10.8. The van der Waals surface area contributed by atoms with E-state index in [1.807, 2.05) is 0 Å². The van der Waals surface area contributed by atoms with E-state index in [1.54, 1.807) is 13.8 Å². The van der Waals surface area contributed by atoms with Crippen molar-refractivity contribution in [2.75, 3.05) is 6.61 Å². The molecule has 0 amide bonds. The molecule has 0 N–H and O–H groups in total. The number of ether oxygens (including phenoxy) is 1. The number of ketones is 1. The van der Waals surface area contributed by atoms with Gasteiger partial charge in [0, 0.05) is 11.5 Å². The molecule has 0 aromatic carbocycles. The monoisotopic (exact) mass is 170 g/mol. The molecule has 0 aliphatic rings. The van der Waals surface area contributed by atoms with Crippen LogP contribution < -0.4 is 0 Å². The summed E-state index contributed by atoms with van der Waals surface area (Å²) in [4.78, 5) is 21.5. The van der Waals surface area contributed by atoms with Gasteiger partial charge in [0.15, 0.2) is 0 Å². The van der Waals surface area contributed by atoms with Crippen molar-refractivity contribution in [2.24, 2.45) is 5.92 Å². The summed E-state index contributed by atoms with van der Waals surface area (Å²) in [6.45, 7) is 8.32. The molecule has 0 fully saturated rings. The molecule has 0 bridgehead atoms. The fraction of sp³-hybridized carbons (Fsp3) is 0.556. The third kappa shape index (κ3) is 3.91. The van der Waals surface area contributed by atoms with Gasteiger partial charge in [-0.05, 0) is 13.8 Å². The van der Waals surface area contributed by atoms with Crippen molar-refractivity contribution in [3.05, 3.63) is 12.2 Å². The normalized spacial score (nSPS) is 11.9. The Labute approximate surface area is 72.4 Å². The average Bonchev–Trinajstić information content (AvgIpc) is 1.98. The summed E-state index contributed by atoms with van der Waals surface area (Å²) in [7, 11) is 0. The van der Waals surface area contributed by atoms with Gasteiger partial charge in [0.25, 0.3) is 0 Å². The van der Waals surface area contributed by atoms with E-state index in [9.17, 15) is 9.59 Å². The Bertz CT molecular complexity index is 206. The quantitative estimate of drug-likeness (QED) is 0.472. The minimum absolute atomic E-state index is 0.0181. The maximum Gasteiger partial charge on any atom is 0.333 e. The number of esters is 1. The lowest BCUT2D eigenvalue weighted by molar-refractivity contribution is -0.141. The number of carbonyl (C=O) groups is 2. The highest BCUT2D eigenvalue weighted by Gasteiger charge is 2.10. The van der Waals surface area contributed by atoms with Crippen LogP contribution >= 0.6 is 0 Å². The van der Waals surface area contributed by atoms with E-state index in [4.69, 9.17) is 4.74 Å². The molecule has 12 heavy (non-hydrogen) atoms. The molecule has 0 saturated carbocycles. The molecule has 0 aromatic heterocycles. The summed E-state index contributed by atoms with van der Waals surface area (Å²) in [5.74, 6) is -0.652. The van der Waals surface area contributed by atoms with E-state index in [1.165, 1.54) is 6.92 Å². The molecule has 68 valence electrons. The lowest BCUT2D eigenvalue weighted by atomic mass is 10.1. The van der Waals surface area contributed by atoms with Crippen LogP contribution in [0.2, 0.25) is 0 Å². The number of Topliss-reactive ketones (excluding diaryl/α,β-unsaturated/α-hetero) is 1. The zero-order valence-electron chi connectivity index (χ0n) is 7.72. The van der Waals surface area contributed by atoms with Crippen LogP contribution in [-0.2, 0) is 14.3 Å². The first-order chi connectivity index (χ1) is 5.45. The highest BCUT2D eigenvalue weighted by Crippen LogP contribution is 2.00. The summed E-state index contributed by atoms with van der Waals surface area (Å²) in [5.41, 5.74) is 0.353. The largest absolute Gasteiger partial charge is 0.462 e. The van der Waals surface area contributed by atoms with E-state index < -0.39 is 5.97 Å². The van der Waals surface area contributed by atoms with Crippen LogP contribution in [0.1, 0.15) is 20.8 Å². The molecule has 3 nitrogen and oxygen atoms in total. The summed E-state index contributed by atoms with van der Waals surface area (Å²) >= 11 is 0. The number of hydrogen-bond donors (Lipinski definition) is 0. The molecule has 0 spiro atoms. The molecule has 0 radical (unpaired) electrons. The van der Waals surface area contributed by atoms with Gasteiger partial charge < -0.3 is 4.74 Å². The molecular formula is C9H14O3. The Balaban J connectivity index is 3.76. The molecule has 0 saturated heterocycles. The number of hydrogen-bond acceptors (Lipinski definition) is 3. The first-order valence-electron chi connectivity index (χ1n) is 3.78. The zero-order chi connectivity index (χ0) is 9.72. The van der Waals surface area contributed by atoms with Crippen LogP contribution in [0.15, 0.2) is 12.2 Å². The third-order valence-electron chi connectivity index (χ3n) is 1.51. The van der Waals surface area contributed by atoms with E-state index in [-0.39, 0.29) is 18.3 Å². The predicted molar refractivity (Wildman–Crippen MR) is 45.6 cm³/mol. The van der Waals surface area contributed by atoms with Gasteiger partial charge in [-0.15, -0.1) is 0 Å². The van der Waals surface area contributed by atoms with E-state index >= 15 is 0 Å². The van der Waals surface area contributed by atoms with Gasteiger partial charge in [-0.1, -0.05) is 13.5 Å². The minimum Gasteiger partial charge on any atom is -0.462 e. The maximum absolute atomic E-state index is 10.8. The first-order valence-corrected chi connectivity index (χ1v) is 3.78. The SMILES string of the molecule is C=C(C)C(=O)OCC(C)C(C)=O. The standard InChI is InChI=1S/C9H14O3/c1-6(2)9(11)12-5-7(3)8(4)10/h7H,1,5H2,2-4H3. The second-order valence-corrected chi connectivity index (χ2v) is 2.89. The molecule has 0 rings (SSSR count). The highest BCUT2D eigenvalue weighted by molar-refractivity contribution is 5.87. The van der Waals surface area contributed by atoms with Crippen molar-refractivity contribution < 1.29 is 14.3 Å². The Morgan fingerprint density at radius 2 is 1.92 bits per heavy atom. The van der Waals surface area contributed by atoms with Crippen LogP contribution in [0.25, 0.3) is 0 Å². The molecule has 1 atom stereocenters. The van der Waals surface area contributed by atoms with Crippen molar-refractivity contribution in [2.45, 2.75) is 20.8 Å². The topological polar surface area (TPSA) is 43.4 Å². The Kier molecular flexibility index (Phi) is 4.26. The molecule has 0 heterocycles. The predicted octanol–water partition coefficient (Wildman–Crippen LogP) is 1.33. The fourth-order valence-corrected chi connectivity index (χ4v) is 0.441. The van der Waals surface area contributed by atoms with Gasteiger partial charge in [-0.3, -0.25) is 4.79 Å². The summed E-state index contributed by atoms with van der Waals surface area (Å²) in [5, 5.41) is 0. The molecule has 0 aromatic rings. The van der Waals surface area contributed by atoms with Gasteiger partial charge in [-0.2, -0.15) is 0 Å². The number of rotatable bonds is 4. The lowest BCUT2D eigenvalue weighted by Crippen LogP contribution is -2.17. The first kappa shape index (κ1) is 10.9. The zero-order valence-corrected chi connectivity index (χ0v) is 7.72. The molecule has 3 heteroatoms. The second kappa shape index (κ2) is 4.70. The Morgan fingerprint density at radius 1 is 1.42 bits per heavy atom. The average molecular weight is 170 g/mol. The molecular weight excluding hydrogens is 156 g/mol. The van der Waals surface area contributed by atoms with Gasteiger partial charge >= 0.3 is 5.97 Å². The van der Waals surface area contributed by atoms with Crippen molar-refractivity contribution in [1.29, 1.82) is 0 Å². The molecule has 1 unspecified atom stereocenters. The van der Waals surface area contributed by atoms with Gasteiger partial charge in [0.1, 0.15) is 12.4 Å². The van der Waals surface area contributed by atoms with E-state index in [2.05, 4.69) is 6.58 Å². The van der Waals surface area contributed by atoms with Crippen LogP contribution in [0, 0.1) is 5.92 Å². The Morgan fingerprint density at radius 3 is 2.25 bits per heavy atom. The number of carbonyl (C=O) groups excluding carboxylic acids is 2.